The predicted molar refractivity (Wildman–Crippen MR) is 76.0 cm³/mol. The Morgan fingerprint density at radius 3 is 2.80 bits per heavy atom. The molecule has 1 unspecified atom stereocenters. The molecule has 7 heteroatoms. The van der Waals surface area contributed by atoms with E-state index in [-0.39, 0.29) is 24.0 Å². The highest BCUT2D eigenvalue weighted by Crippen LogP contribution is 2.28. The van der Waals surface area contributed by atoms with Crippen molar-refractivity contribution < 1.29 is 13.2 Å². The highest BCUT2D eigenvalue weighted by atomic mass is 35.7. The summed E-state index contributed by atoms with van der Waals surface area (Å²) in [6.45, 7) is 2.12. The minimum Gasteiger partial charge on any atom is -0.312 e. The van der Waals surface area contributed by atoms with Crippen molar-refractivity contribution in [3.63, 3.8) is 0 Å². The fraction of sp³-hybridized carbons (Fsp3) is 0.385. The number of rotatable bonds is 3. The summed E-state index contributed by atoms with van der Waals surface area (Å²) in [5.74, 6) is -0.673. The van der Waals surface area contributed by atoms with E-state index in [4.69, 9.17) is 15.9 Å². The molecule has 0 spiro atoms. The molecule has 1 aliphatic heterocycles. The van der Waals surface area contributed by atoms with E-state index in [1.54, 1.807) is 18.2 Å². The molecular formula is C13H13ClN2O3S. The lowest BCUT2D eigenvalue weighted by Gasteiger charge is -2.17. The Morgan fingerprint density at radius 1 is 1.50 bits per heavy atom. The minimum absolute atomic E-state index is 0.150. The Kier molecular flexibility index (Phi) is 4.02. The van der Waals surface area contributed by atoms with E-state index in [0.29, 0.717) is 17.8 Å². The SMILES string of the molecule is Cc1ccc(N2CC(CS(=O)(=O)Cl)CC2=O)cc1C#N. The Morgan fingerprint density at radius 2 is 2.20 bits per heavy atom. The van der Waals surface area contributed by atoms with Crippen LogP contribution in [0.3, 0.4) is 0 Å². The maximum absolute atomic E-state index is 12.0. The summed E-state index contributed by atoms with van der Waals surface area (Å²) in [5, 5.41) is 9.01. The monoisotopic (exact) mass is 312 g/mol. The second-order valence-corrected chi connectivity index (χ2v) is 7.71. The molecule has 20 heavy (non-hydrogen) atoms. The first-order valence-corrected chi connectivity index (χ1v) is 8.51. The molecule has 1 amide bonds. The van der Waals surface area contributed by atoms with Gasteiger partial charge in [0.05, 0.1) is 17.4 Å². The highest BCUT2D eigenvalue weighted by molar-refractivity contribution is 8.13. The average Bonchev–Trinajstić information content (AvgIpc) is 2.68. The van der Waals surface area contributed by atoms with Crippen LogP contribution in [0.1, 0.15) is 17.5 Å². The average molecular weight is 313 g/mol. The molecule has 1 heterocycles. The minimum atomic E-state index is -3.62. The normalized spacial score (nSPS) is 19.1. The smallest absolute Gasteiger partial charge is 0.232 e. The molecule has 2 rings (SSSR count). The molecule has 1 saturated heterocycles. The zero-order chi connectivity index (χ0) is 14.9. The van der Waals surface area contributed by atoms with E-state index in [9.17, 15) is 13.2 Å². The molecule has 0 radical (unpaired) electrons. The third-order valence-corrected chi connectivity index (χ3v) is 4.54. The number of nitrogens with zero attached hydrogens (tertiary/aromatic N) is 2. The zero-order valence-corrected chi connectivity index (χ0v) is 12.4. The van der Waals surface area contributed by atoms with Gasteiger partial charge >= 0.3 is 0 Å². The number of carbonyl (C=O) groups is 1. The maximum atomic E-state index is 12.0. The molecule has 1 aliphatic rings. The van der Waals surface area contributed by atoms with Crippen LogP contribution in [0, 0.1) is 24.2 Å². The van der Waals surface area contributed by atoms with Gasteiger partial charge < -0.3 is 4.90 Å². The molecule has 0 bridgehead atoms. The van der Waals surface area contributed by atoms with Crippen LogP contribution in [-0.4, -0.2) is 26.6 Å². The maximum Gasteiger partial charge on any atom is 0.232 e. The molecule has 1 atom stereocenters. The Balaban J connectivity index is 2.22. The molecule has 1 aromatic carbocycles. The number of aryl methyl sites for hydroxylation is 1. The van der Waals surface area contributed by atoms with Gasteiger partial charge in [0.15, 0.2) is 0 Å². The third-order valence-electron chi connectivity index (χ3n) is 3.29. The number of anilines is 1. The van der Waals surface area contributed by atoms with Gasteiger partial charge in [-0.25, -0.2) is 8.42 Å². The Bertz CT molecular complexity index is 694. The van der Waals surface area contributed by atoms with E-state index in [0.717, 1.165) is 5.56 Å². The number of nitriles is 1. The van der Waals surface area contributed by atoms with Crippen molar-refractivity contribution >= 4 is 31.3 Å². The van der Waals surface area contributed by atoms with Gasteiger partial charge in [-0.15, -0.1) is 0 Å². The van der Waals surface area contributed by atoms with Crippen LogP contribution in [-0.2, 0) is 13.8 Å². The van der Waals surface area contributed by atoms with E-state index < -0.39 is 9.05 Å². The van der Waals surface area contributed by atoms with Crippen LogP contribution >= 0.6 is 10.7 Å². The fourth-order valence-corrected chi connectivity index (χ4v) is 3.64. The van der Waals surface area contributed by atoms with Crippen molar-refractivity contribution in [3.8, 4) is 6.07 Å². The standard InChI is InChI=1S/C13H13ClN2O3S/c1-9-2-3-12(5-11(9)6-15)16-7-10(4-13(16)17)8-20(14,18)19/h2-3,5,10H,4,7-8H2,1H3. The fourth-order valence-electron chi connectivity index (χ4n) is 2.32. The van der Waals surface area contributed by atoms with Crippen LogP contribution in [0.4, 0.5) is 5.69 Å². The van der Waals surface area contributed by atoms with Gasteiger partial charge in [0.1, 0.15) is 0 Å². The second-order valence-electron chi connectivity index (χ2n) is 4.89. The second kappa shape index (κ2) is 5.43. The summed E-state index contributed by atoms with van der Waals surface area (Å²) in [6, 6.07) is 7.24. The molecule has 5 nitrogen and oxygen atoms in total. The van der Waals surface area contributed by atoms with Crippen molar-refractivity contribution in [3.05, 3.63) is 29.3 Å². The number of halogens is 1. The molecule has 0 saturated carbocycles. The van der Waals surface area contributed by atoms with E-state index in [1.807, 2.05) is 6.92 Å². The third kappa shape index (κ3) is 3.30. The van der Waals surface area contributed by atoms with Crippen LogP contribution < -0.4 is 4.90 Å². The number of benzene rings is 1. The summed E-state index contributed by atoms with van der Waals surface area (Å²) in [7, 11) is 1.61. The topological polar surface area (TPSA) is 78.2 Å². The first-order valence-electron chi connectivity index (χ1n) is 6.03. The van der Waals surface area contributed by atoms with Crippen molar-refractivity contribution in [2.24, 2.45) is 5.92 Å². The largest absolute Gasteiger partial charge is 0.312 e. The summed E-state index contributed by atoms with van der Waals surface area (Å²) in [4.78, 5) is 13.5. The summed E-state index contributed by atoms with van der Waals surface area (Å²) >= 11 is 0. The molecule has 1 aromatic rings. The van der Waals surface area contributed by atoms with Gasteiger partial charge in [0, 0.05) is 35.3 Å². The number of hydrogen-bond acceptors (Lipinski definition) is 4. The van der Waals surface area contributed by atoms with Gasteiger partial charge in [-0.05, 0) is 24.6 Å². The Hall–Kier alpha value is -1.58. The van der Waals surface area contributed by atoms with Crippen LogP contribution in [0.2, 0.25) is 0 Å². The van der Waals surface area contributed by atoms with Crippen LogP contribution in [0.25, 0.3) is 0 Å². The first kappa shape index (κ1) is 14.8. The lowest BCUT2D eigenvalue weighted by molar-refractivity contribution is -0.117. The molecule has 0 aliphatic carbocycles. The number of hydrogen-bond donors (Lipinski definition) is 0. The first-order chi connectivity index (χ1) is 9.30. The Labute approximate surface area is 122 Å². The van der Waals surface area contributed by atoms with Crippen molar-refractivity contribution in [2.75, 3.05) is 17.2 Å². The molecule has 0 aromatic heterocycles. The predicted octanol–water partition coefficient (Wildman–Crippen LogP) is 1.79. The van der Waals surface area contributed by atoms with E-state index in [1.165, 1.54) is 4.90 Å². The quantitative estimate of drug-likeness (QED) is 0.797. The van der Waals surface area contributed by atoms with Gasteiger partial charge in [-0.1, -0.05) is 6.07 Å². The van der Waals surface area contributed by atoms with E-state index >= 15 is 0 Å². The van der Waals surface area contributed by atoms with Crippen molar-refractivity contribution in [2.45, 2.75) is 13.3 Å². The molecule has 106 valence electrons. The van der Waals surface area contributed by atoms with Gasteiger partial charge in [-0.2, -0.15) is 5.26 Å². The summed E-state index contributed by atoms with van der Waals surface area (Å²) in [5.41, 5.74) is 1.96. The van der Waals surface area contributed by atoms with Crippen molar-refractivity contribution in [1.82, 2.24) is 0 Å². The summed E-state index contributed by atoms with van der Waals surface area (Å²) in [6.07, 6.45) is 0.154. The van der Waals surface area contributed by atoms with Crippen LogP contribution in [0.5, 0.6) is 0 Å². The molecular weight excluding hydrogens is 300 g/mol. The number of amides is 1. The van der Waals surface area contributed by atoms with Gasteiger partial charge in [0.25, 0.3) is 0 Å². The van der Waals surface area contributed by atoms with Crippen LogP contribution in [0.15, 0.2) is 18.2 Å². The molecule has 1 fully saturated rings. The van der Waals surface area contributed by atoms with E-state index in [2.05, 4.69) is 6.07 Å². The van der Waals surface area contributed by atoms with Gasteiger partial charge in [0.2, 0.25) is 15.0 Å². The number of carbonyl (C=O) groups excluding carboxylic acids is 1. The van der Waals surface area contributed by atoms with Crippen molar-refractivity contribution in [1.29, 1.82) is 5.26 Å². The lowest BCUT2D eigenvalue weighted by atomic mass is 10.1. The lowest BCUT2D eigenvalue weighted by Crippen LogP contribution is -2.25. The summed E-state index contributed by atoms with van der Waals surface area (Å²) < 4.78 is 22.1. The van der Waals surface area contributed by atoms with Gasteiger partial charge in [-0.3, -0.25) is 4.79 Å². The highest BCUT2D eigenvalue weighted by Gasteiger charge is 2.33. The molecule has 0 N–H and O–H groups in total. The zero-order valence-electron chi connectivity index (χ0n) is 10.8.